The summed E-state index contributed by atoms with van der Waals surface area (Å²) in [5, 5.41) is 4.25. The molecule has 6 heteroatoms. The number of nitrogens with one attached hydrogen (secondary N) is 1. The van der Waals surface area contributed by atoms with Crippen molar-refractivity contribution in [2.45, 2.75) is 6.42 Å². The predicted octanol–water partition coefficient (Wildman–Crippen LogP) is 2.74. The van der Waals surface area contributed by atoms with Crippen molar-refractivity contribution in [1.82, 2.24) is 9.55 Å². The molecule has 0 aliphatic carbocycles. The average Bonchev–Trinajstić information content (AvgIpc) is 2.37. The molecule has 1 N–H and O–H groups in total. The maximum absolute atomic E-state index is 11.7. The van der Waals surface area contributed by atoms with Crippen molar-refractivity contribution in [2.75, 3.05) is 11.9 Å². The zero-order chi connectivity index (χ0) is 13.8. The van der Waals surface area contributed by atoms with Crippen LogP contribution in [0, 0.1) is 0 Å². The number of nitrogens with zero attached hydrogens (tertiary/aromatic N) is 2. The predicted molar refractivity (Wildman–Crippen MR) is 78.1 cm³/mol. The molecular formula is C13H13Cl2N3O. The lowest BCUT2D eigenvalue weighted by Crippen LogP contribution is -2.22. The van der Waals surface area contributed by atoms with Crippen LogP contribution < -0.4 is 10.9 Å². The molecule has 1 heterocycles. The third-order valence-corrected chi connectivity index (χ3v) is 3.31. The van der Waals surface area contributed by atoms with Gasteiger partial charge in [-0.25, -0.2) is 4.98 Å². The lowest BCUT2D eigenvalue weighted by Gasteiger charge is -2.07. The van der Waals surface area contributed by atoms with Gasteiger partial charge in [0.25, 0.3) is 5.56 Å². The summed E-state index contributed by atoms with van der Waals surface area (Å²) in [6.07, 6.45) is 3.89. The Morgan fingerprint density at radius 3 is 2.89 bits per heavy atom. The van der Waals surface area contributed by atoms with Crippen LogP contribution in [0.4, 0.5) is 5.82 Å². The molecular weight excluding hydrogens is 285 g/mol. The van der Waals surface area contributed by atoms with Crippen molar-refractivity contribution in [3.63, 3.8) is 0 Å². The molecule has 0 amide bonds. The van der Waals surface area contributed by atoms with Gasteiger partial charge in [0.05, 0.1) is 0 Å². The van der Waals surface area contributed by atoms with Crippen LogP contribution in [0.15, 0.2) is 35.4 Å². The summed E-state index contributed by atoms with van der Waals surface area (Å²) < 4.78 is 1.48. The maximum atomic E-state index is 11.7. The van der Waals surface area contributed by atoms with E-state index in [2.05, 4.69) is 10.3 Å². The van der Waals surface area contributed by atoms with Crippen LogP contribution in [0.25, 0.3) is 0 Å². The fraction of sp³-hybridized carbons (Fsp3) is 0.231. The number of benzene rings is 1. The summed E-state index contributed by atoms with van der Waals surface area (Å²) in [4.78, 5) is 15.7. The summed E-state index contributed by atoms with van der Waals surface area (Å²) in [5.41, 5.74) is 0.830. The lowest BCUT2D eigenvalue weighted by molar-refractivity contribution is 0.837. The van der Waals surface area contributed by atoms with E-state index in [1.54, 1.807) is 31.6 Å². The Morgan fingerprint density at radius 1 is 1.37 bits per heavy atom. The Kier molecular flexibility index (Phi) is 4.45. The second kappa shape index (κ2) is 6.08. The largest absolute Gasteiger partial charge is 0.365 e. The Bertz CT molecular complexity index is 640. The van der Waals surface area contributed by atoms with Crippen molar-refractivity contribution >= 4 is 29.0 Å². The van der Waals surface area contributed by atoms with Crippen molar-refractivity contribution < 1.29 is 0 Å². The van der Waals surface area contributed by atoms with Gasteiger partial charge in [0.2, 0.25) is 0 Å². The van der Waals surface area contributed by atoms with Crippen LogP contribution in [0.5, 0.6) is 0 Å². The summed E-state index contributed by atoms with van der Waals surface area (Å²) in [7, 11) is 1.69. The van der Waals surface area contributed by atoms with Crippen LogP contribution in [-0.4, -0.2) is 16.1 Å². The first-order chi connectivity index (χ1) is 9.08. The molecule has 0 aliphatic heterocycles. The Hall–Kier alpha value is -1.52. The second-order valence-electron chi connectivity index (χ2n) is 4.10. The number of aromatic nitrogens is 2. The van der Waals surface area contributed by atoms with Crippen molar-refractivity contribution in [3.05, 3.63) is 56.6 Å². The molecule has 0 saturated carbocycles. The minimum absolute atomic E-state index is 0.148. The van der Waals surface area contributed by atoms with Gasteiger partial charge in [-0.1, -0.05) is 29.3 Å². The minimum Gasteiger partial charge on any atom is -0.365 e. The van der Waals surface area contributed by atoms with E-state index in [1.807, 2.05) is 6.07 Å². The van der Waals surface area contributed by atoms with Crippen LogP contribution >= 0.6 is 23.2 Å². The van der Waals surface area contributed by atoms with Gasteiger partial charge < -0.3 is 9.88 Å². The smallest absolute Gasteiger partial charge is 0.293 e. The Balaban J connectivity index is 2.00. The second-order valence-corrected chi connectivity index (χ2v) is 4.95. The molecule has 2 aromatic rings. The number of halogens is 2. The van der Waals surface area contributed by atoms with Gasteiger partial charge in [0, 0.05) is 36.0 Å². The zero-order valence-corrected chi connectivity index (χ0v) is 11.9. The van der Waals surface area contributed by atoms with Gasteiger partial charge >= 0.3 is 0 Å². The van der Waals surface area contributed by atoms with Crippen molar-refractivity contribution in [1.29, 1.82) is 0 Å². The van der Waals surface area contributed by atoms with E-state index in [4.69, 9.17) is 23.2 Å². The van der Waals surface area contributed by atoms with E-state index in [9.17, 15) is 4.79 Å². The average molecular weight is 298 g/mol. The highest BCUT2D eigenvalue weighted by Crippen LogP contribution is 2.21. The molecule has 1 aromatic carbocycles. The first kappa shape index (κ1) is 13.9. The van der Waals surface area contributed by atoms with Crippen LogP contribution in [-0.2, 0) is 13.5 Å². The number of hydrogen-bond acceptors (Lipinski definition) is 3. The summed E-state index contributed by atoms with van der Waals surface area (Å²) in [6.45, 7) is 0.577. The third kappa shape index (κ3) is 3.49. The molecule has 2 rings (SSSR count). The fourth-order valence-corrected chi connectivity index (χ4v) is 2.16. The molecule has 0 aliphatic rings. The highest BCUT2D eigenvalue weighted by atomic mass is 35.5. The molecule has 0 unspecified atom stereocenters. The van der Waals surface area contributed by atoms with E-state index in [0.29, 0.717) is 28.8 Å². The maximum Gasteiger partial charge on any atom is 0.293 e. The molecule has 19 heavy (non-hydrogen) atoms. The number of aryl methyl sites for hydroxylation is 1. The molecule has 4 nitrogen and oxygen atoms in total. The molecule has 100 valence electrons. The van der Waals surface area contributed by atoms with Crippen molar-refractivity contribution in [2.24, 2.45) is 7.05 Å². The SMILES string of the molecule is Cn1ccnc(NCCc2ccc(Cl)cc2Cl)c1=O. The Morgan fingerprint density at radius 2 is 2.16 bits per heavy atom. The third-order valence-electron chi connectivity index (χ3n) is 2.72. The first-order valence-corrected chi connectivity index (χ1v) is 6.53. The molecule has 0 spiro atoms. The Labute approximate surface area is 121 Å². The lowest BCUT2D eigenvalue weighted by atomic mass is 10.1. The quantitative estimate of drug-likeness (QED) is 0.944. The molecule has 0 radical (unpaired) electrons. The van der Waals surface area contributed by atoms with Gasteiger partial charge in [0.15, 0.2) is 5.82 Å². The molecule has 0 atom stereocenters. The summed E-state index contributed by atoms with van der Waals surface area (Å²) in [6, 6.07) is 5.38. The molecule has 0 fully saturated rings. The number of hydrogen-bond donors (Lipinski definition) is 1. The van der Waals surface area contributed by atoms with Crippen molar-refractivity contribution in [3.8, 4) is 0 Å². The van der Waals surface area contributed by atoms with Crippen LogP contribution in [0.3, 0.4) is 0 Å². The molecule has 0 saturated heterocycles. The van der Waals surface area contributed by atoms with E-state index in [-0.39, 0.29) is 5.56 Å². The monoisotopic (exact) mass is 297 g/mol. The summed E-state index contributed by atoms with van der Waals surface area (Å²) in [5.74, 6) is 0.343. The normalized spacial score (nSPS) is 10.5. The van der Waals surface area contributed by atoms with Crippen LogP contribution in [0.1, 0.15) is 5.56 Å². The number of anilines is 1. The molecule has 0 bridgehead atoms. The van der Waals surface area contributed by atoms with E-state index >= 15 is 0 Å². The van der Waals surface area contributed by atoms with Gasteiger partial charge in [-0.05, 0) is 24.1 Å². The van der Waals surface area contributed by atoms with E-state index < -0.39 is 0 Å². The summed E-state index contributed by atoms with van der Waals surface area (Å²) >= 11 is 11.9. The number of rotatable bonds is 4. The van der Waals surface area contributed by atoms with Gasteiger partial charge in [-0.2, -0.15) is 0 Å². The van der Waals surface area contributed by atoms with E-state index in [0.717, 1.165) is 5.56 Å². The van der Waals surface area contributed by atoms with Gasteiger partial charge in [-0.3, -0.25) is 4.79 Å². The fourth-order valence-electron chi connectivity index (χ4n) is 1.66. The standard InChI is InChI=1S/C13H13Cl2N3O/c1-18-7-6-17-12(13(18)19)16-5-4-9-2-3-10(14)8-11(9)15/h2-3,6-8H,4-5H2,1H3,(H,16,17). The molecule has 1 aromatic heterocycles. The minimum atomic E-state index is -0.148. The van der Waals surface area contributed by atoms with Crippen LogP contribution in [0.2, 0.25) is 10.0 Å². The van der Waals surface area contributed by atoms with Gasteiger partial charge in [0.1, 0.15) is 0 Å². The topological polar surface area (TPSA) is 46.9 Å². The van der Waals surface area contributed by atoms with Gasteiger partial charge in [-0.15, -0.1) is 0 Å². The highest BCUT2D eigenvalue weighted by molar-refractivity contribution is 6.35. The first-order valence-electron chi connectivity index (χ1n) is 5.77. The highest BCUT2D eigenvalue weighted by Gasteiger charge is 2.04. The van der Waals surface area contributed by atoms with E-state index in [1.165, 1.54) is 4.57 Å². The zero-order valence-electron chi connectivity index (χ0n) is 10.4.